The molecule has 1 aliphatic heterocycles. The highest BCUT2D eigenvalue weighted by Crippen LogP contribution is 2.18. The largest absolute Gasteiger partial charge is 0.497 e. The highest BCUT2D eigenvalue weighted by Gasteiger charge is 2.32. The van der Waals surface area contributed by atoms with Crippen LogP contribution in [0, 0.1) is 0 Å². The molecule has 0 aliphatic carbocycles. The monoisotopic (exact) mass is 392 g/mol. The van der Waals surface area contributed by atoms with E-state index in [2.05, 4.69) is 19.9 Å². The molecule has 0 saturated carbocycles. The van der Waals surface area contributed by atoms with Crippen LogP contribution in [0.5, 0.6) is 5.75 Å². The Labute approximate surface area is 163 Å². The number of esters is 2. The number of benzene rings is 1. The number of ether oxygens (including phenoxy) is 3. The number of amides is 1. The van der Waals surface area contributed by atoms with Gasteiger partial charge in [-0.15, -0.1) is 0 Å². The van der Waals surface area contributed by atoms with Crippen molar-refractivity contribution in [2.24, 2.45) is 5.16 Å². The number of hydrogen-bond donors (Lipinski definition) is 1. The van der Waals surface area contributed by atoms with Gasteiger partial charge in [0.2, 0.25) is 6.10 Å². The zero-order valence-electron chi connectivity index (χ0n) is 16.1. The molecule has 9 nitrogen and oxygen atoms in total. The fourth-order valence-electron chi connectivity index (χ4n) is 2.71. The van der Waals surface area contributed by atoms with Crippen molar-refractivity contribution in [1.29, 1.82) is 0 Å². The zero-order chi connectivity index (χ0) is 20.5. The molecule has 28 heavy (non-hydrogen) atoms. The molecule has 9 heteroatoms. The minimum Gasteiger partial charge on any atom is -0.497 e. The quantitative estimate of drug-likeness (QED) is 0.624. The van der Waals surface area contributed by atoms with Gasteiger partial charge < -0.3 is 24.4 Å². The predicted octanol–water partition coefficient (Wildman–Crippen LogP) is 0.994. The molecule has 0 fully saturated rings. The summed E-state index contributed by atoms with van der Waals surface area (Å²) in [6, 6.07) is 6.56. The van der Waals surface area contributed by atoms with Crippen molar-refractivity contribution >= 4 is 23.6 Å². The van der Waals surface area contributed by atoms with E-state index >= 15 is 0 Å². The highest BCUT2D eigenvalue weighted by atomic mass is 16.6. The molecule has 1 N–H and O–H groups in total. The third-order valence-corrected chi connectivity index (χ3v) is 4.23. The van der Waals surface area contributed by atoms with Crippen molar-refractivity contribution in [3.8, 4) is 5.75 Å². The molecule has 1 aliphatic rings. The molecule has 2 atom stereocenters. The first-order valence-corrected chi connectivity index (χ1v) is 8.76. The average molecular weight is 392 g/mol. The van der Waals surface area contributed by atoms with E-state index in [9.17, 15) is 14.4 Å². The maximum atomic E-state index is 12.4. The van der Waals surface area contributed by atoms with E-state index in [0.717, 1.165) is 11.3 Å². The lowest BCUT2D eigenvalue weighted by molar-refractivity contribution is -0.148. The van der Waals surface area contributed by atoms with Crippen molar-refractivity contribution in [3.63, 3.8) is 0 Å². The summed E-state index contributed by atoms with van der Waals surface area (Å²) in [7, 11) is 4.05. The molecular formula is C19H24N2O7. The summed E-state index contributed by atoms with van der Waals surface area (Å²) >= 11 is 0. The number of methoxy groups -OCH3 is 3. The lowest BCUT2D eigenvalue weighted by Crippen LogP contribution is -2.46. The van der Waals surface area contributed by atoms with Gasteiger partial charge in [0.05, 0.1) is 27.0 Å². The van der Waals surface area contributed by atoms with Crippen molar-refractivity contribution in [3.05, 3.63) is 29.8 Å². The van der Waals surface area contributed by atoms with E-state index in [4.69, 9.17) is 9.57 Å². The van der Waals surface area contributed by atoms with Crippen LogP contribution in [0.1, 0.15) is 24.8 Å². The molecule has 0 spiro atoms. The fraction of sp³-hybridized carbons (Fsp3) is 0.474. The van der Waals surface area contributed by atoms with Crippen LogP contribution >= 0.6 is 0 Å². The van der Waals surface area contributed by atoms with Gasteiger partial charge in [0.15, 0.2) is 0 Å². The Morgan fingerprint density at radius 3 is 2.71 bits per heavy atom. The van der Waals surface area contributed by atoms with Crippen LogP contribution in [0.15, 0.2) is 29.4 Å². The summed E-state index contributed by atoms with van der Waals surface area (Å²) in [6.45, 7) is 0. The molecule has 0 radical (unpaired) electrons. The van der Waals surface area contributed by atoms with Crippen LogP contribution < -0.4 is 10.1 Å². The first-order chi connectivity index (χ1) is 13.5. The van der Waals surface area contributed by atoms with Crippen molar-refractivity contribution in [2.45, 2.75) is 37.8 Å². The number of nitrogens with one attached hydrogen (secondary N) is 1. The summed E-state index contributed by atoms with van der Waals surface area (Å²) in [5.41, 5.74) is 1.69. The Hall–Kier alpha value is -3.10. The van der Waals surface area contributed by atoms with Gasteiger partial charge in [-0.1, -0.05) is 17.3 Å². The number of oxime groups is 1. The van der Waals surface area contributed by atoms with Crippen molar-refractivity contribution in [2.75, 3.05) is 21.3 Å². The van der Waals surface area contributed by atoms with Gasteiger partial charge in [-0.3, -0.25) is 9.59 Å². The van der Waals surface area contributed by atoms with Gasteiger partial charge in [-0.05, 0) is 24.1 Å². The molecule has 2 rings (SSSR count). The van der Waals surface area contributed by atoms with Crippen molar-refractivity contribution < 1.29 is 33.4 Å². The summed E-state index contributed by atoms with van der Waals surface area (Å²) < 4.78 is 14.4. The molecule has 1 aromatic carbocycles. The van der Waals surface area contributed by atoms with Gasteiger partial charge >= 0.3 is 11.9 Å². The van der Waals surface area contributed by atoms with Crippen LogP contribution in [-0.2, 0) is 35.1 Å². The van der Waals surface area contributed by atoms with Gasteiger partial charge in [-0.2, -0.15) is 0 Å². The van der Waals surface area contributed by atoms with Gasteiger partial charge in [-0.25, -0.2) is 4.79 Å². The summed E-state index contributed by atoms with van der Waals surface area (Å²) in [5, 5.41) is 6.53. The zero-order valence-corrected chi connectivity index (χ0v) is 16.1. The lowest BCUT2D eigenvalue weighted by atomic mass is 10.0. The maximum absolute atomic E-state index is 12.4. The summed E-state index contributed by atoms with van der Waals surface area (Å²) in [6.07, 6.45) is 0.0121. The number of hydrogen-bond acceptors (Lipinski definition) is 8. The molecular weight excluding hydrogens is 368 g/mol. The van der Waals surface area contributed by atoms with E-state index in [1.54, 1.807) is 7.11 Å². The summed E-state index contributed by atoms with van der Waals surface area (Å²) in [4.78, 5) is 40.8. The highest BCUT2D eigenvalue weighted by molar-refractivity contribution is 5.95. The first-order valence-electron chi connectivity index (χ1n) is 8.76. The lowest BCUT2D eigenvalue weighted by Gasteiger charge is -2.17. The van der Waals surface area contributed by atoms with Gasteiger partial charge in [0.1, 0.15) is 11.8 Å². The van der Waals surface area contributed by atoms with Crippen molar-refractivity contribution in [1.82, 2.24) is 5.32 Å². The van der Waals surface area contributed by atoms with E-state index in [0.29, 0.717) is 18.6 Å². The van der Waals surface area contributed by atoms with E-state index in [1.165, 1.54) is 14.2 Å². The Morgan fingerprint density at radius 1 is 1.25 bits per heavy atom. The van der Waals surface area contributed by atoms with Crippen LogP contribution in [0.3, 0.4) is 0 Å². The maximum Gasteiger partial charge on any atom is 0.328 e. The first kappa shape index (κ1) is 21.2. The van der Waals surface area contributed by atoms with E-state index in [1.807, 2.05) is 24.3 Å². The SMILES string of the molecule is COC(=O)CC[C@H](NC(=O)C1CC(Cc2cccc(OC)c2)=NO1)C(=O)OC. The normalized spacial score (nSPS) is 16.4. The second kappa shape index (κ2) is 10.3. The van der Waals surface area contributed by atoms with Crippen LogP contribution in [0.4, 0.5) is 0 Å². The molecule has 152 valence electrons. The Morgan fingerprint density at radius 2 is 2.04 bits per heavy atom. The van der Waals surface area contributed by atoms with Crippen LogP contribution in [0.25, 0.3) is 0 Å². The molecule has 1 unspecified atom stereocenters. The number of carbonyl (C=O) groups is 3. The van der Waals surface area contributed by atoms with Gasteiger partial charge in [0.25, 0.3) is 5.91 Å². The molecule has 1 aromatic rings. The summed E-state index contributed by atoms with van der Waals surface area (Å²) in [5.74, 6) is -0.889. The number of carbonyl (C=O) groups excluding carboxylic acids is 3. The Balaban J connectivity index is 1.90. The second-order valence-electron chi connectivity index (χ2n) is 6.18. The van der Waals surface area contributed by atoms with Crippen LogP contribution in [-0.4, -0.2) is 57.0 Å². The number of nitrogens with zero attached hydrogens (tertiary/aromatic N) is 1. The second-order valence-corrected chi connectivity index (χ2v) is 6.18. The Kier molecular flexibility index (Phi) is 7.79. The standard InChI is InChI=1S/C19H24N2O7/c1-25-14-6-4-5-12(10-14)9-13-11-16(28-21-13)18(23)20-15(19(24)27-3)7-8-17(22)26-2/h4-6,10,15-16H,7-9,11H2,1-3H3,(H,20,23)/t15-,16?/m0/s1. The third kappa shape index (κ3) is 5.97. The van der Waals surface area contributed by atoms with Crippen LogP contribution in [0.2, 0.25) is 0 Å². The Bertz CT molecular complexity index is 748. The minimum atomic E-state index is -0.970. The fourth-order valence-corrected chi connectivity index (χ4v) is 2.71. The number of rotatable bonds is 9. The molecule has 1 amide bonds. The topological polar surface area (TPSA) is 113 Å². The van der Waals surface area contributed by atoms with E-state index in [-0.39, 0.29) is 12.8 Å². The molecule has 0 saturated heterocycles. The van der Waals surface area contributed by atoms with Gasteiger partial charge in [0, 0.05) is 19.3 Å². The average Bonchev–Trinajstić information content (AvgIpc) is 3.18. The smallest absolute Gasteiger partial charge is 0.328 e. The van der Waals surface area contributed by atoms with E-state index < -0.39 is 30.0 Å². The predicted molar refractivity (Wildman–Crippen MR) is 98.8 cm³/mol. The third-order valence-electron chi connectivity index (χ3n) is 4.23. The molecule has 1 heterocycles. The molecule has 0 bridgehead atoms. The minimum absolute atomic E-state index is 0.0281. The molecule has 0 aromatic heterocycles.